The van der Waals surface area contributed by atoms with E-state index in [1.807, 2.05) is 0 Å². The highest BCUT2D eigenvalue weighted by molar-refractivity contribution is 6.42. The lowest BCUT2D eigenvalue weighted by molar-refractivity contribution is -0.144. The number of aliphatic carboxylic acids is 1. The molecular formula is C16H19Cl2NO4. The molecule has 0 aliphatic heterocycles. The standard InChI is InChI=1S/C16H19Cl2NO4/c1-23-8-5-13(14(20)21)19-15(22)16(6-2-7-16)10-3-4-11(17)12(18)9-10/h3-4,9,13H,2,5-8H2,1H3,(H,19,22)(H,20,21). The fourth-order valence-corrected chi connectivity index (χ4v) is 3.06. The van der Waals surface area contributed by atoms with Gasteiger partial charge in [0.1, 0.15) is 6.04 Å². The zero-order valence-electron chi connectivity index (χ0n) is 12.8. The number of carbonyl (C=O) groups excluding carboxylic acids is 1. The molecule has 1 aliphatic rings. The number of amides is 1. The summed E-state index contributed by atoms with van der Waals surface area (Å²) in [6.07, 6.45) is 2.44. The summed E-state index contributed by atoms with van der Waals surface area (Å²) in [5.74, 6) is -1.36. The van der Waals surface area contributed by atoms with Gasteiger partial charge in [0.2, 0.25) is 5.91 Å². The van der Waals surface area contributed by atoms with Crippen LogP contribution < -0.4 is 5.32 Å². The van der Waals surface area contributed by atoms with Crippen LogP contribution in [-0.4, -0.2) is 36.7 Å². The van der Waals surface area contributed by atoms with Crippen LogP contribution in [0.3, 0.4) is 0 Å². The highest BCUT2D eigenvalue weighted by atomic mass is 35.5. The monoisotopic (exact) mass is 359 g/mol. The van der Waals surface area contributed by atoms with Crippen molar-refractivity contribution in [2.75, 3.05) is 13.7 Å². The van der Waals surface area contributed by atoms with Crippen LogP contribution in [0.5, 0.6) is 0 Å². The summed E-state index contributed by atoms with van der Waals surface area (Å²) in [4.78, 5) is 24.0. The second-order valence-corrected chi connectivity index (χ2v) is 6.52. The Labute approximate surface area is 144 Å². The topological polar surface area (TPSA) is 75.6 Å². The molecule has 5 nitrogen and oxygen atoms in total. The molecule has 0 bridgehead atoms. The van der Waals surface area contributed by atoms with Gasteiger partial charge in [-0.3, -0.25) is 4.79 Å². The quantitative estimate of drug-likeness (QED) is 0.784. The minimum absolute atomic E-state index is 0.217. The van der Waals surface area contributed by atoms with Gasteiger partial charge in [-0.15, -0.1) is 0 Å². The van der Waals surface area contributed by atoms with Crippen molar-refractivity contribution in [3.8, 4) is 0 Å². The number of carbonyl (C=O) groups is 2. The van der Waals surface area contributed by atoms with Gasteiger partial charge in [-0.1, -0.05) is 35.7 Å². The fraction of sp³-hybridized carbons (Fsp3) is 0.500. The lowest BCUT2D eigenvalue weighted by Gasteiger charge is -2.41. The molecule has 1 fully saturated rings. The number of halogens is 2. The number of nitrogens with one attached hydrogen (secondary N) is 1. The highest BCUT2D eigenvalue weighted by Gasteiger charge is 2.46. The minimum atomic E-state index is -1.07. The zero-order chi connectivity index (χ0) is 17.0. The van der Waals surface area contributed by atoms with Crippen molar-refractivity contribution in [2.24, 2.45) is 0 Å². The van der Waals surface area contributed by atoms with Crippen molar-refractivity contribution >= 4 is 35.1 Å². The fourth-order valence-electron chi connectivity index (χ4n) is 2.76. The van der Waals surface area contributed by atoms with Crippen LogP contribution in [0.1, 0.15) is 31.2 Å². The smallest absolute Gasteiger partial charge is 0.326 e. The molecule has 0 heterocycles. The van der Waals surface area contributed by atoms with Gasteiger partial charge < -0.3 is 15.2 Å². The summed E-state index contributed by atoms with van der Waals surface area (Å²) in [5.41, 5.74) is 0.0428. The number of rotatable bonds is 7. The second kappa shape index (κ2) is 7.51. The Morgan fingerprint density at radius 3 is 2.52 bits per heavy atom. The third-order valence-electron chi connectivity index (χ3n) is 4.33. The molecule has 7 heteroatoms. The molecule has 1 saturated carbocycles. The Balaban J connectivity index is 2.20. The first-order valence-corrected chi connectivity index (χ1v) is 8.14. The van der Waals surface area contributed by atoms with E-state index in [2.05, 4.69) is 5.32 Å². The minimum Gasteiger partial charge on any atom is -0.480 e. The molecule has 0 radical (unpaired) electrons. The number of hydrogen-bond donors (Lipinski definition) is 2. The number of hydrogen-bond acceptors (Lipinski definition) is 3. The average molecular weight is 360 g/mol. The Hall–Kier alpha value is -1.30. The van der Waals surface area contributed by atoms with E-state index in [9.17, 15) is 14.7 Å². The number of carboxylic acids is 1. The molecule has 0 spiro atoms. The number of ether oxygens (including phenoxy) is 1. The summed E-state index contributed by atoms with van der Waals surface area (Å²) in [7, 11) is 1.49. The molecule has 0 aromatic heterocycles. The van der Waals surface area contributed by atoms with Crippen LogP contribution in [0.2, 0.25) is 10.0 Å². The van der Waals surface area contributed by atoms with Gasteiger partial charge in [-0.05, 0) is 30.5 Å². The summed E-state index contributed by atoms with van der Waals surface area (Å²) in [6, 6.07) is 4.15. The summed E-state index contributed by atoms with van der Waals surface area (Å²) in [5, 5.41) is 12.7. The van der Waals surface area contributed by atoms with E-state index < -0.39 is 17.4 Å². The number of methoxy groups -OCH3 is 1. The molecule has 0 saturated heterocycles. The molecule has 1 unspecified atom stereocenters. The van der Waals surface area contributed by atoms with E-state index in [-0.39, 0.29) is 18.9 Å². The van der Waals surface area contributed by atoms with Crippen LogP contribution >= 0.6 is 23.2 Å². The van der Waals surface area contributed by atoms with E-state index in [4.69, 9.17) is 27.9 Å². The van der Waals surface area contributed by atoms with E-state index in [1.165, 1.54) is 7.11 Å². The van der Waals surface area contributed by atoms with Crippen LogP contribution in [0.4, 0.5) is 0 Å². The van der Waals surface area contributed by atoms with Gasteiger partial charge in [0.05, 0.1) is 15.5 Å². The molecule has 2 N–H and O–H groups in total. The first kappa shape index (κ1) is 18.0. The van der Waals surface area contributed by atoms with E-state index in [0.29, 0.717) is 22.9 Å². The third kappa shape index (κ3) is 3.79. The number of benzene rings is 1. The van der Waals surface area contributed by atoms with Crippen LogP contribution in [-0.2, 0) is 19.7 Å². The van der Waals surface area contributed by atoms with E-state index in [0.717, 1.165) is 12.0 Å². The molecule has 23 heavy (non-hydrogen) atoms. The predicted octanol–water partition coefficient (Wildman–Crippen LogP) is 3.02. The van der Waals surface area contributed by atoms with Crippen molar-refractivity contribution in [1.29, 1.82) is 0 Å². The molecule has 1 aromatic rings. The van der Waals surface area contributed by atoms with Gasteiger partial charge >= 0.3 is 5.97 Å². The molecule has 2 rings (SSSR count). The Morgan fingerprint density at radius 2 is 2.04 bits per heavy atom. The SMILES string of the molecule is COCCC(NC(=O)C1(c2ccc(Cl)c(Cl)c2)CCC1)C(=O)O. The summed E-state index contributed by atoms with van der Waals surface area (Å²) >= 11 is 12.0. The third-order valence-corrected chi connectivity index (χ3v) is 5.07. The first-order valence-electron chi connectivity index (χ1n) is 7.39. The van der Waals surface area contributed by atoms with Gasteiger partial charge in [0.25, 0.3) is 0 Å². The number of carboxylic acid groups (broad SMARTS) is 1. The largest absolute Gasteiger partial charge is 0.480 e. The maximum absolute atomic E-state index is 12.7. The molecule has 1 atom stereocenters. The van der Waals surface area contributed by atoms with E-state index in [1.54, 1.807) is 18.2 Å². The Bertz CT molecular complexity index is 602. The maximum atomic E-state index is 12.7. The molecule has 1 aliphatic carbocycles. The zero-order valence-corrected chi connectivity index (χ0v) is 14.3. The predicted molar refractivity (Wildman–Crippen MR) is 88.1 cm³/mol. The van der Waals surface area contributed by atoms with Crippen molar-refractivity contribution < 1.29 is 19.4 Å². The Kier molecular flexibility index (Phi) is 5.89. The van der Waals surface area contributed by atoms with Crippen molar-refractivity contribution in [3.63, 3.8) is 0 Å². The van der Waals surface area contributed by atoms with Crippen LogP contribution in [0.25, 0.3) is 0 Å². The summed E-state index contributed by atoms with van der Waals surface area (Å²) < 4.78 is 4.90. The lowest BCUT2D eigenvalue weighted by atomic mass is 9.63. The highest BCUT2D eigenvalue weighted by Crippen LogP contribution is 2.45. The summed E-state index contributed by atoms with van der Waals surface area (Å²) in [6.45, 7) is 0.261. The van der Waals surface area contributed by atoms with Crippen molar-refractivity contribution in [3.05, 3.63) is 33.8 Å². The lowest BCUT2D eigenvalue weighted by Crippen LogP contribution is -2.54. The molecule has 1 aromatic carbocycles. The van der Waals surface area contributed by atoms with Crippen molar-refractivity contribution in [2.45, 2.75) is 37.1 Å². The van der Waals surface area contributed by atoms with Gasteiger partial charge in [0, 0.05) is 20.1 Å². The normalized spacial score (nSPS) is 17.2. The Morgan fingerprint density at radius 1 is 1.35 bits per heavy atom. The van der Waals surface area contributed by atoms with Gasteiger partial charge in [0.15, 0.2) is 0 Å². The molecule has 126 valence electrons. The average Bonchev–Trinajstić information content (AvgIpc) is 2.45. The van der Waals surface area contributed by atoms with Crippen LogP contribution in [0, 0.1) is 0 Å². The maximum Gasteiger partial charge on any atom is 0.326 e. The molecule has 1 amide bonds. The molecular weight excluding hydrogens is 341 g/mol. The second-order valence-electron chi connectivity index (χ2n) is 5.71. The van der Waals surface area contributed by atoms with Crippen molar-refractivity contribution in [1.82, 2.24) is 5.32 Å². The first-order chi connectivity index (χ1) is 10.9. The van der Waals surface area contributed by atoms with E-state index >= 15 is 0 Å². The van der Waals surface area contributed by atoms with Gasteiger partial charge in [-0.2, -0.15) is 0 Å². The van der Waals surface area contributed by atoms with Crippen LogP contribution in [0.15, 0.2) is 18.2 Å². The van der Waals surface area contributed by atoms with Gasteiger partial charge in [-0.25, -0.2) is 4.79 Å².